The number of sulfonamides is 1. The second-order valence-electron chi connectivity index (χ2n) is 6.62. The van der Waals surface area contributed by atoms with Crippen LogP contribution in [0.2, 0.25) is 0 Å². The van der Waals surface area contributed by atoms with Crippen LogP contribution in [0.1, 0.15) is 37.0 Å². The van der Waals surface area contributed by atoms with Gasteiger partial charge in [0.15, 0.2) is 11.5 Å². The van der Waals surface area contributed by atoms with Crippen LogP contribution in [0.5, 0.6) is 11.5 Å². The summed E-state index contributed by atoms with van der Waals surface area (Å²) in [7, 11) is -3.80. The lowest BCUT2D eigenvalue weighted by atomic mass is 10.1. The van der Waals surface area contributed by atoms with E-state index >= 15 is 0 Å². The zero-order valence-electron chi connectivity index (χ0n) is 15.9. The number of hydrogen-bond donors (Lipinski definition) is 2. The fourth-order valence-electron chi connectivity index (χ4n) is 2.62. The molecule has 1 amide bonds. The van der Waals surface area contributed by atoms with Gasteiger partial charge in [-0.15, -0.1) is 0 Å². The van der Waals surface area contributed by atoms with Crippen molar-refractivity contribution in [1.82, 2.24) is 5.32 Å². The smallest absolute Gasteiger partial charge is 0.262 e. The van der Waals surface area contributed by atoms with Crippen molar-refractivity contribution in [3.63, 3.8) is 0 Å². The Morgan fingerprint density at radius 2 is 1.75 bits per heavy atom. The molecule has 1 aliphatic heterocycles. The van der Waals surface area contributed by atoms with Gasteiger partial charge in [0.25, 0.3) is 15.9 Å². The van der Waals surface area contributed by atoms with Crippen LogP contribution in [0.15, 0.2) is 47.4 Å². The summed E-state index contributed by atoms with van der Waals surface area (Å²) >= 11 is 0. The molecule has 2 N–H and O–H groups in total. The van der Waals surface area contributed by atoms with E-state index < -0.39 is 10.0 Å². The molecular weight excluding hydrogens is 380 g/mol. The Labute approximate surface area is 165 Å². The van der Waals surface area contributed by atoms with E-state index in [1.54, 1.807) is 30.3 Å². The summed E-state index contributed by atoms with van der Waals surface area (Å²) in [5.41, 5.74) is 0.839. The molecule has 0 aliphatic carbocycles. The number of anilines is 1. The first-order valence-corrected chi connectivity index (χ1v) is 10.7. The van der Waals surface area contributed by atoms with Crippen LogP contribution in [-0.4, -0.2) is 33.6 Å². The van der Waals surface area contributed by atoms with Gasteiger partial charge in [-0.2, -0.15) is 0 Å². The van der Waals surface area contributed by atoms with Crippen molar-refractivity contribution in [2.75, 3.05) is 17.9 Å². The normalized spacial score (nSPS) is 14.6. The van der Waals surface area contributed by atoms with Crippen molar-refractivity contribution in [3.05, 3.63) is 48.0 Å². The molecule has 7 nitrogen and oxygen atoms in total. The number of benzene rings is 2. The molecule has 150 valence electrons. The molecule has 8 heteroatoms. The highest BCUT2D eigenvalue weighted by atomic mass is 32.2. The molecule has 0 saturated carbocycles. The van der Waals surface area contributed by atoms with E-state index in [1.807, 2.05) is 13.8 Å². The second kappa shape index (κ2) is 8.52. The van der Waals surface area contributed by atoms with Gasteiger partial charge in [-0.05, 0) is 49.7 Å². The molecule has 2 aromatic rings. The van der Waals surface area contributed by atoms with Gasteiger partial charge in [0, 0.05) is 29.8 Å². The molecule has 0 saturated heterocycles. The van der Waals surface area contributed by atoms with Crippen LogP contribution in [0.25, 0.3) is 0 Å². The van der Waals surface area contributed by atoms with E-state index in [4.69, 9.17) is 9.47 Å². The molecule has 0 fully saturated rings. The highest BCUT2D eigenvalue weighted by Gasteiger charge is 2.19. The average Bonchev–Trinajstić information content (AvgIpc) is 2.92. The van der Waals surface area contributed by atoms with Crippen LogP contribution in [-0.2, 0) is 10.0 Å². The van der Waals surface area contributed by atoms with Gasteiger partial charge in [0.2, 0.25) is 0 Å². The van der Waals surface area contributed by atoms with E-state index in [1.165, 1.54) is 12.1 Å². The van der Waals surface area contributed by atoms with Crippen molar-refractivity contribution in [2.45, 2.75) is 37.6 Å². The Hall–Kier alpha value is -2.74. The second-order valence-corrected chi connectivity index (χ2v) is 8.31. The first-order valence-electron chi connectivity index (χ1n) is 9.22. The molecule has 0 aromatic heterocycles. The number of carbonyl (C=O) groups excluding carboxylic acids is 1. The summed E-state index contributed by atoms with van der Waals surface area (Å²) in [6, 6.07) is 10.9. The monoisotopic (exact) mass is 404 g/mol. The predicted octanol–water partition coefficient (Wildman–Crippen LogP) is 3.18. The fraction of sp³-hybridized carbons (Fsp3) is 0.350. The molecule has 1 atom stereocenters. The summed E-state index contributed by atoms with van der Waals surface area (Å²) in [6.07, 6.45) is 1.57. The third kappa shape index (κ3) is 4.75. The average molecular weight is 404 g/mol. The molecule has 1 aliphatic rings. The summed E-state index contributed by atoms with van der Waals surface area (Å²) in [4.78, 5) is 12.2. The molecule has 0 bridgehead atoms. The number of ether oxygens (including phenoxy) is 2. The largest absolute Gasteiger partial charge is 0.490 e. The molecular formula is C20H24N2O5S. The minimum absolute atomic E-state index is 0.0742. The molecule has 2 aromatic carbocycles. The number of carbonyl (C=O) groups is 1. The van der Waals surface area contributed by atoms with Gasteiger partial charge in [-0.25, -0.2) is 8.42 Å². The van der Waals surface area contributed by atoms with Gasteiger partial charge >= 0.3 is 0 Å². The topological polar surface area (TPSA) is 93.7 Å². The molecule has 0 spiro atoms. The molecule has 3 rings (SSSR count). The Kier molecular flexibility index (Phi) is 6.08. The maximum absolute atomic E-state index is 12.7. The van der Waals surface area contributed by atoms with Gasteiger partial charge in [-0.3, -0.25) is 9.52 Å². The lowest BCUT2D eigenvalue weighted by Gasteiger charge is -2.13. The SMILES string of the molecule is CCC(C)NC(=O)c1ccc(NS(=O)(=O)c2ccc3c(c2)OCCCO3)cc1. The highest BCUT2D eigenvalue weighted by Crippen LogP contribution is 2.32. The van der Waals surface area contributed by atoms with Crippen LogP contribution >= 0.6 is 0 Å². The number of hydrogen-bond acceptors (Lipinski definition) is 5. The lowest BCUT2D eigenvalue weighted by Crippen LogP contribution is -2.31. The number of rotatable bonds is 6. The lowest BCUT2D eigenvalue weighted by molar-refractivity contribution is 0.0939. The van der Waals surface area contributed by atoms with Crippen molar-refractivity contribution in [3.8, 4) is 11.5 Å². The van der Waals surface area contributed by atoms with E-state index in [0.717, 1.165) is 12.8 Å². The zero-order chi connectivity index (χ0) is 20.1. The van der Waals surface area contributed by atoms with Crippen LogP contribution in [0.4, 0.5) is 5.69 Å². The summed E-state index contributed by atoms with van der Waals surface area (Å²) in [5.74, 6) is 0.761. The number of amides is 1. The van der Waals surface area contributed by atoms with E-state index in [9.17, 15) is 13.2 Å². The Balaban J connectivity index is 1.74. The van der Waals surface area contributed by atoms with Gasteiger partial charge < -0.3 is 14.8 Å². The first-order chi connectivity index (χ1) is 13.4. The minimum Gasteiger partial charge on any atom is -0.490 e. The molecule has 1 heterocycles. The quantitative estimate of drug-likeness (QED) is 0.771. The van der Waals surface area contributed by atoms with E-state index in [0.29, 0.717) is 36.0 Å². The summed E-state index contributed by atoms with van der Waals surface area (Å²) < 4.78 is 39.0. The zero-order valence-corrected chi connectivity index (χ0v) is 16.7. The predicted molar refractivity (Wildman–Crippen MR) is 107 cm³/mol. The number of fused-ring (bicyclic) bond motifs is 1. The number of nitrogens with one attached hydrogen (secondary N) is 2. The molecule has 1 unspecified atom stereocenters. The third-order valence-electron chi connectivity index (χ3n) is 4.42. The maximum Gasteiger partial charge on any atom is 0.262 e. The van der Waals surface area contributed by atoms with Crippen molar-refractivity contribution >= 4 is 21.6 Å². The van der Waals surface area contributed by atoms with Crippen LogP contribution < -0.4 is 19.5 Å². The van der Waals surface area contributed by atoms with E-state index in [2.05, 4.69) is 10.0 Å². The fourth-order valence-corrected chi connectivity index (χ4v) is 3.70. The van der Waals surface area contributed by atoms with Gasteiger partial charge in [0.1, 0.15) is 0 Å². The Morgan fingerprint density at radius 1 is 1.07 bits per heavy atom. The Bertz CT molecular complexity index is 942. The van der Waals surface area contributed by atoms with Gasteiger partial charge in [-0.1, -0.05) is 6.92 Å². The van der Waals surface area contributed by atoms with Crippen molar-refractivity contribution in [2.24, 2.45) is 0 Å². The van der Waals surface area contributed by atoms with E-state index in [-0.39, 0.29) is 16.8 Å². The third-order valence-corrected chi connectivity index (χ3v) is 5.80. The summed E-state index contributed by atoms with van der Waals surface area (Å²) in [6.45, 7) is 4.93. The van der Waals surface area contributed by atoms with Crippen LogP contribution in [0, 0.1) is 0 Å². The van der Waals surface area contributed by atoms with Crippen molar-refractivity contribution < 1.29 is 22.7 Å². The minimum atomic E-state index is -3.80. The first kappa shape index (κ1) is 20.0. The summed E-state index contributed by atoms with van der Waals surface area (Å²) in [5, 5.41) is 2.87. The highest BCUT2D eigenvalue weighted by molar-refractivity contribution is 7.92. The van der Waals surface area contributed by atoms with Gasteiger partial charge in [0.05, 0.1) is 18.1 Å². The van der Waals surface area contributed by atoms with Crippen molar-refractivity contribution in [1.29, 1.82) is 0 Å². The molecule has 28 heavy (non-hydrogen) atoms. The maximum atomic E-state index is 12.7. The standard InChI is InChI=1S/C20H24N2O5S/c1-3-14(2)21-20(23)15-5-7-16(8-6-15)22-28(24,25)17-9-10-18-19(13-17)27-12-4-11-26-18/h5-10,13-14,22H,3-4,11-12H2,1-2H3,(H,21,23). The van der Waals surface area contributed by atoms with Crippen LogP contribution in [0.3, 0.4) is 0 Å². The molecule has 0 radical (unpaired) electrons. The Morgan fingerprint density at radius 3 is 2.43 bits per heavy atom.